The maximum atomic E-state index is 13.2. The number of benzene rings is 2. The summed E-state index contributed by atoms with van der Waals surface area (Å²) in [6.07, 6.45) is 3.25. The van der Waals surface area contributed by atoms with Crippen LogP contribution in [0.5, 0.6) is 5.75 Å². The molecular formula is C25H32Cl2N2O3. The lowest BCUT2D eigenvalue weighted by Crippen LogP contribution is -2.49. The van der Waals surface area contributed by atoms with E-state index in [0.717, 1.165) is 24.2 Å². The minimum absolute atomic E-state index is 0.0924. The number of unbranched alkanes of at least 4 members (excludes halogenated alkanes) is 1. The minimum atomic E-state index is -0.552. The molecule has 32 heavy (non-hydrogen) atoms. The highest BCUT2D eigenvalue weighted by atomic mass is 35.5. The Labute approximate surface area is 201 Å². The summed E-state index contributed by atoms with van der Waals surface area (Å²) >= 11 is 12.2. The first kappa shape index (κ1) is 26.0. The SMILES string of the molecule is CCCCNC(=O)[C@H](CC)N(Cc1ccc(Cl)c(Cl)c1)C(=O)CCCOc1ccccc1. The van der Waals surface area contributed by atoms with Gasteiger partial charge in [-0.2, -0.15) is 0 Å². The maximum absolute atomic E-state index is 13.2. The number of hydrogen-bond acceptors (Lipinski definition) is 3. The third-order valence-corrected chi connectivity index (χ3v) is 5.84. The fourth-order valence-electron chi connectivity index (χ4n) is 3.33. The zero-order chi connectivity index (χ0) is 23.3. The Morgan fingerprint density at radius 1 is 1.03 bits per heavy atom. The molecule has 0 aliphatic carbocycles. The van der Waals surface area contributed by atoms with Crippen LogP contribution in [0.4, 0.5) is 0 Å². The van der Waals surface area contributed by atoms with E-state index >= 15 is 0 Å². The average Bonchev–Trinajstić information content (AvgIpc) is 2.79. The number of rotatable bonds is 13. The van der Waals surface area contributed by atoms with Crippen LogP contribution in [0.1, 0.15) is 51.5 Å². The molecule has 0 saturated heterocycles. The molecule has 1 atom stereocenters. The van der Waals surface area contributed by atoms with Crippen molar-refractivity contribution < 1.29 is 14.3 Å². The first-order valence-corrected chi connectivity index (χ1v) is 11.9. The molecule has 0 saturated carbocycles. The van der Waals surface area contributed by atoms with Crippen molar-refractivity contribution >= 4 is 35.0 Å². The second-order valence-corrected chi connectivity index (χ2v) is 8.42. The summed E-state index contributed by atoms with van der Waals surface area (Å²) in [6, 6.07) is 14.2. The number of amides is 2. The van der Waals surface area contributed by atoms with Gasteiger partial charge in [-0.05, 0) is 49.1 Å². The topological polar surface area (TPSA) is 58.6 Å². The Balaban J connectivity index is 2.07. The van der Waals surface area contributed by atoms with Crippen LogP contribution in [0.3, 0.4) is 0 Å². The second-order valence-electron chi connectivity index (χ2n) is 7.60. The van der Waals surface area contributed by atoms with E-state index in [9.17, 15) is 9.59 Å². The second kappa shape index (κ2) is 14.0. The van der Waals surface area contributed by atoms with Crippen LogP contribution in [-0.4, -0.2) is 35.9 Å². The first-order valence-electron chi connectivity index (χ1n) is 11.1. The summed E-state index contributed by atoms with van der Waals surface area (Å²) in [4.78, 5) is 27.7. The van der Waals surface area contributed by atoms with Gasteiger partial charge in [-0.3, -0.25) is 9.59 Å². The van der Waals surface area contributed by atoms with Crippen LogP contribution in [0.15, 0.2) is 48.5 Å². The van der Waals surface area contributed by atoms with Gasteiger partial charge < -0.3 is 15.0 Å². The number of carbonyl (C=O) groups excluding carboxylic acids is 2. The lowest BCUT2D eigenvalue weighted by Gasteiger charge is -2.31. The Morgan fingerprint density at radius 3 is 2.44 bits per heavy atom. The van der Waals surface area contributed by atoms with Gasteiger partial charge in [0.15, 0.2) is 0 Å². The molecule has 0 fully saturated rings. The van der Waals surface area contributed by atoms with Gasteiger partial charge in [0.1, 0.15) is 11.8 Å². The summed E-state index contributed by atoms with van der Waals surface area (Å²) in [5.74, 6) is 0.550. The maximum Gasteiger partial charge on any atom is 0.242 e. The molecule has 0 bridgehead atoms. The molecule has 0 radical (unpaired) electrons. The Morgan fingerprint density at radius 2 is 1.78 bits per heavy atom. The van der Waals surface area contributed by atoms with Gasteiger partial charge in [-0.1, -0.05) is 67.7 Å². The fraction of sp³-hybridized carbons (Fsp3) is 0.440. The normalized spacial score (nSPS) is 11.6. The van der Waals surface area contributed by atoms with Gasteiger partial charge in [0.2, 0.25) is 11.8 Å². The highest BCUT2D eigenvalue weighted by molar-refractivity contribution is 6.42. The van der Waals surface area contributed by atoms with Gasteiger partial charge in [0, 0.05) is 19.5 Å². The summed E-state index contributed by atoms with van der Waals surface area (Å²) in [6.45, 7) is 5.30. The van der Waals surface area contributed by atoms with Gasteiger partial charge in [0.25, 0.3) is 0 Å². The molecule has 1 N–H and O–H groups in total. The quantitative estimate of drug-likeness (QED) is 0.365. The molecule has 2 rings (SSSR count). The number of hydrogen-bond donors (Lipinski definition) is 1. The molecule has 7 heteroatoms. The van der Waals surface area contributed by atoms with Crippen LogP contribution in [-0.2, 0) is 16.1 Å². The average molecular weight is 479 g/mol. The van der Waals surface area contributed by atoms with Crippen LogP contribution in [0, 0.1) is 0 Å². The summed E-state index contributed by atoms with van der Waals surface area (Å²) in [7, 11) is 0. The number of para-hydroxylation sites is 1. The lowest BCUT2D eigenvalue weighted by molar-refractivity contribution is -0.141. The molecule has 2 aromatic carbocycles. The largest absolute Gasteiger partial charge is 0.494 e. The van der Waals surface area contributed by atoms with Crippen molar-refractivity contribution in [2.45, 2.75) is 58.5 Å². The van der Waals surface area contributed by atoms with E-state index in [2.05, 4.69) is 12.2 Å². The molecule has 2 amide bonds. The molecule has 0 aliphatic heterocycles. The van der Waals surface area contributed by atoms with Crippen LogP contribution >= 0.6 is 23.2 Å². The molecule has 174 valence electrons. The predicted octanol–water partition coefficient (Wildman–Crippen LogP) is 5.88. The summed E-state index contributed by atoms with van der Waals surface area (Å²) in [5, 5.41) is 3.84. The standard InChI is InChI=1S/C25H32Cl2N2O3/c1-3-5-15-28-25(31)23(4-2)29(18-19-13-14-21(26)22(27)17-19)24(30)12-9-16-32-20-10-7-6-8-11-20/h6-8,10-11,13-14,17,23H,3-5,9,12,15-16,18H2,1-2H3,(H,28,31)/t23-/m0/s1. The number of nitrogens with zero attached hydrogens (tertiary/aromatic N) is 1. The highest BCUT2D eigenvalue weighted by Crippen LogP contribution is 2.24. The van der Waals surface area contributed by atoms with E-state index in [-0.39, 0.29) is 24.8 Å². The number of nitrogens with one attached hydrogen (secondary N) is 1. The third kappa shape index (κ3) is 8.36. The van der Waals surface area contributed by atoms with E-state index in [1.165, 1.54) is 0 Å². The van der Waals surface area contributed by atoms with Crippen molar-refractivity contribution in [3.8, 4) is 5.75 Å². The molecule has 0 heterocycles. The summed E-state index contributed by atoms with van der Waals surface area (Å²) < 4.78 is 5.70. The first-order chi connectivity index (χ1) is 15.5. The molecule has 0 spiro atoms. The fourth-order valence-corrected chi connectivity index (χ4v) is 3.65. The number of carbonyl (C=O) groups is 2. The van der Waals surface area contributed by atoms with E-state index in [1.807, 2.05) is 43.3 Å². The molecule has 0 aliphatic rings. The smallest absolute Gasteiger partial charge is 0.242 e. The van der Waals surface area contributed by atoms with Crippen molar-refractivity contribution in [1.82, 2.24) is 10.2 Å². The Kier molecular flexibility index (Phi) is 11.4. The van der Waals surface area contributed by atoms with Crippen molar-refractivity contribution in [2.75, 3.05) is 13.2 Å². The zero-order valence-electron chi connectivity index (χ0n) is 18.8. The molecule has 0 unspecified atom stereocenters. The highest BCUT2D eigenvalue weighted by Gasteiger charge is 2.28. The monoisotopic (exact) mass is 478 g/mol. The van der Waals surface area contributed by atoms with E-state index in [1.54, 1.807) is 17.0 Å². The zero-order valence-corrected chi connectivity index (χ0v) is 20.3. The van der Waals surface area contributed by atoms with Crippen LogP contribution < -0.4 is 10.1 Å². The Hall–Kier alpha value is -2.24. The Bertz CT molecular complexity index is 862. The van der Waals surface area contributed by atoms with Crippen molar-refractivity contribution in [1.29, 1.82) is 0 Å². The van der Waals surface area contributed by atoms with Crippen LogP contribution in [0.2, 0.25) is 10.0 Å². The predicted molar refractivity (Wildman–Crippen MR) is 130 cm³/mol. The third-order valence-electron chi connectivity index (χ3n) is 5.10. The molecule has 0 aromatic heterocycles. The van der Waals surface area contributed by atoms with Crippen molar-refractivity contribution in [3.63, 3.8) is 0 Å². The minimum Gasteiger partial charge on any atom is -0.494 e. The number of halogens is 2. The van der Waals surface area contributed by atoms with Crippen molar-refractivity contribution in [2.24, 2.45) is 0 Å². The van der Waals surface area contributed by atoms with Gasteiger partial charge in [-0.25, -0.2) is 0 Å². The molecule has 5 nitrogen and oxygen atoms in total. The van der Waals surface area contributed by atoms with Gasteiger partial charge in [-0.15, -0.1) is 0 Å². The molecular weight excluding hydrogens is 447 g/mol. The van der Waals surface area contributed by atoms with E-state index < -0.39 is 6.04 Å². The number of ether oxygens (including phenoxy) is 1. The van der Waals surface area contributed by atoms with Crippen LogP contribution in [0.25, 0.3) is 0 Å². The van der Waals surface area contributed by atoms with E-state index in [0.29, 0.717) is 36.0 Å². The van der Waals surface area contributed by atoms with Gasteiger partial charge in [0.05, 0.1) is 16.7 Å². The lowest BCUT2D eigenvalue weighted by atomic mass is 10.1. The molecule has 2 aromatic rings. The van der Waals surface area contributed by atoms with Gasteiger partial charge >= 0.3 is 0 Å². The van der Waals surface area contributed by atoms with Crippen molar-refractivity contribution in [3.05, 3.63) is 64.1 Å². The van der Waals surface area contributed by atoms with E-state index in [4.69, 9.17) is 27.9 Å². The summed E-state index contributed by atoms with van der Waals surface area (Å²) in [5.41, 5.74) is 0.827.